The Morgan fingerprint density at radius 3 is 2.06 bits per heavy atom. The molecule has 1 aliphatic heterocycles. The maximum Gasteiger partial charge on any atom is 0.522 e. The van der Waals surface area contributed by atoms with E-state index in [-0.39, 0.29) is 0 Å². The van der Waals surface area contributed by atoms with Crippen molar-refractivity contribution >= 4 is 31.8 Å². The Labute approximate surface area is 196 Å². The van der Waals surface area contributed by atoms with Crippen molar-refractivity contribution in [3.63, 3.8) is 0 Å². The van der Waals surface area contributed by atoms with Crippen molar-refractivity contribution in [2.24, 2.45) is 0 Å². The Bertz CT molecular complexity index is 987. The highest BCUT2D eigenvalue weighted by Crippen LogP contribution is 2.37. The van der Waals surface area contributed by atoms with Gasteiger partial charge in [0, 0.05) is 21.7 Å². The number of hydrogen-bond acceptors (Lipinski definition) is 4. The molecule has 1 fully saturated rings. The minimum Gasteiger partial charge on any atom is -0.494 e. The summed E-state index contributed by atoms with van der Waals surface area (Å²) >= 11 is 0. The van der Waals surface area contributed by atoms with Crippen molar-refractivity contribution in [1.82, 2.24) is 0 Å². The molecule has 1 aliphatic rings. The van der Waals surface area contributed by atoms with Gasteiger partial charge in [0.2, 0.25) is 0 Å². The van der Waals surface area contributed by atoms with Crippen LogP contribution in [0.3, 0.4) is 0 Å². The Kier molecular flexibility index (Phi) is 10.6. The molecular weight excluding hydrogens is 477 g/mol. The highest BCUT2D eigenvalue weighted by atomic mass is 32.2. The molecule has 2 aromatic carbocycles. The van der Waals surface area contributed by atoms with Crippen LogP contribution < -0.4 is 9.47 Å². The maximum atomic E-state index is 10.7. The van der Waals surface area contributed by atoms with E-state index in [0.717, 1.165) is 50.4 Å². The molecule has 0 aromatic heterocycles. The fourth-order valence-corrected chi connectivity index (χ4v) is 5.77. The van der Waals surface area contributed by atoms with Gasteiger partial charge in [-0.2, -0.15) is 21.6 Å². The number of hydrogen-bond donors (Lipinski definition) is 1. The first-order valence-electron chi connectivity index (χ1n) is 11.1. The van der Waals surface area contributed by atoms with Crippen LogP contribution in [0, 0.1) is 0 Å². The van der Waals surface area contributed by atoms with Crippen LogP contribution in [-0.4, -0.2) is 43.2 Å². The zero-order chi connectivity index (χ0) is 24.5. The minimum atomic E-state index is -5.84. The number of ether oxygens (including phenoxy) is 2. The van der Waals surface area contributed by atoms with Gasteiger partial charge in [-0.15, -0.1) is 0 Å². The minimum absolute atomic E-state index is 0.392. The van der Waals surface area contributed by atoms with Gasteiger partial charge in [0.25, 0.3) is 0 Å². The van der Waals surface area contributed by atoms with Crippen LogP contribution in [0.2, 0.25) is 0 Å². The third-order valence-corrected chi connectivity index (χ3v) is 8.19. The van der Waals surface area contributed by atoms with E-state index >= 15 is 0 Å². The van der Waals surface area contributed by atoms with Gasteiger partial charge in [-0.3, -0.25) is 4.55 Å². The monoisotopic (exact) mass is 509 g/mol. The molecule has 33 heavy (non-hydrogen) atoms. The first-order chi connectivity index (χ1) is 15.6. The number of unbranched alkanes of at least 4 members (excludes halogenated alkanes) is 2. The quantitative estimate of drug-likeness (QED) is 0.184. The van der Waals surface area contributed by atoms with Gasteiger partial charge >= 0.3 is 15.6 Å². The van der Waals surface area contributed by atoms with E-state index in [0.29, 0.717) is 10.9 Å². The Hall–Kier alpha value is -1.65. The van der Waals surface area contributed by atoms with Crippen molar-refractivity contribution in [1.29, 1.82) is 0 Å². The van der Waals surface area contributed by atoms with Crippen LogP contribution in [0.25, 0.3) is 10.8 Å². The highest BCUT2D eigenvalue weighted by Gasteiger charge is 2.44. The van der Waals surface area contributed by atoms with Crippen LogP contribution in [0.15, 0.2) is 35.2 Å². The number of halogens is 3. The SMILES string of the molecule is CCCCOc1ccc2c(OCCCC)ccc([S+]3CCCC3)c2c1.O=S(=O)(O)C(F)(F)F. The Morgan fingerprint density at radius 1 is 0.939 bits per heavy atom. The van der Waals surface area contributed by atoms with Gasteiger partial charge in [0.1, 0.15) is 23.0 Å². The first-order valence-corrected chi connectivity index (χ1v) is 14.1. The Balaban J connectivity index is 0.000000414. The zero-order valence-electron chi connectivity index (χ0n) is 19.0. The number of alkyl halides is 3. The molecule has 0 radical (unpaired) electrons. The van der Waals surface area contributed by atoms with Crippen molar-refractivity contribution in [3.05, 3.63) is 30.3 Å². The third-order valence-electron chi connectivity index (χ3n) is 5.07. The number of fused-ring (bicyclic) bond motifs is 1. The van der Waals surface area contributed by atoms with E-state index in [4.69, 9.17) is 22.4 Å². The van der Waals surface area contributed by atoms with Crippen molar-refractivity contribution in [2.75, 3.05) is 24.7 Å². The van der Waals surface area contributed by atoms with Gasteiger partial charge in [-0.25, -0.2) is 0 Å². The van der Waals surface area contributed by atoms with Crippen molar-refractivity contribution < 1.29 is 35.6 Å². The van der Waals surface area contributed by atoms with Crippen molar-refractivity contribution in [2.45, 2.75) is 62.8 Å². The van der Waals surface area contributed by atoms with Gasteiger partial charge in [0.15, 0.2) is 4.90 Å². The predicted molar refractivity (Wildman–Crippen MR) is 127 cm³/mol. The number of benzene rings is 2. The lowest BCUT2D eigenvalue weighted by atomic mass is 10.1. The molecule has 1 N–H and O–H groups in total. The average Bonchev–Trinajstić information content (AvgIpc) is 3.28. The summed E-state index contributed by atoms with van der Waals surface area (Å²) in [4.78, 5) is 1.51. The van der Waals surface area contributed by atoms with E-state index in [9.17, 15) is 13.2 Å². The Morgan fingerprint density at radius 2 is 1.52 bits per heavy atom. The predicted octanol–water partition coefficient (Wildman–Crippen LogP) is 6.36. The molecular formula is C23H32F3O5S2+. The molecule has 186 valence electrons. The lowest BCUT2D eigenvalue weighted by Crippen LogP contribution is -2.21. The molecule has 5 nitrogen and oxygen atoms in total. The molecule has 10 heteroatoms. The highest BCUT2D eigenvalue weighted by molar-refractivity contribution is 7.97. The second-order valence-corrected chi connectivity index (χ2v) is 11.4. The summed E-state index contributed by atoms with van der Waals surface area (Å²) in [5.41, 5.74) is -5.53. The summed E-state index contributed by atoms with van der Waals surface area (Å²) < 4.78 is 69.6. The molecule has 0 amide bonds. The molecule has 1 heterocycles. The molecule has 0 atom stereocenters. The summed E-state index contributed by atoms with van der Waals surface area (Å²) in [6, 6.07) is 11.1. The van der Waals surface area contributed by atoms with Gasteiger partial charge in [-0.05, 0) is 56.0 Å². The van der Waals surface area contributed by atoms with Crippen molar-refractivity contribution in [3.8, 4) is 11.5 Å². The van der Waals surface area contributed by atoms with Gasteiger partial charge in [-0.1, -0.05) is 26.7 Å². The van der Waals surface area contributed by atoms with Gasteiger partial charge < -0.3 is 9.47 Å². The number of rotatable bonds is 9. The summed E-state index contributed by atoms with van der Waals surface area (Å²) in [5, 5.41) is 2.59. The second-order valence-electron chi connectivity index (χ2n) is 7.70. The van der Waals surface area contributed by atoms with Crippen LogP contribution in [0.5, 0.6) is 11.5 Å². The lowest BCUT2D eigenvalue weighted by Gasteiger charge is -2.13. The summed E-state index contributed by atoms with van der Waals surface area (Å²) in [7, 11) is -5.45. The normalized spacial score (nSPS) is 14.7. The van der Waals surface area contributed by atoms with E-state index < -0.39 is 15.6 Å². The standard InChI is InChI=1S/C22H31O2S.CHF3O3S/c1-3-5-13-23-18-9-10-19-20(17-18)22(25-15-7-8-16-25)12-11-21(19)24-14-6-4-2;2-1(3,4)8(5,6)7/h9-12,17H,3-8,13-16H2,1-2H3;(H,5,6,7)/q+1;. The summed E-state index contributed by atoms with van der Waals surface area (Å²) in [6.45, 7) is 6.00. The summed E-state index contributed by atoms with van der Waals surface area (Å²) in [5.74, 6) is 4.70. The fourth-order valence-electron chi connectivity index (χ4n) is 3.28. The third kappa shape index (κ3) is 8.26. The van der Waals surface area contributed by atoms with Crippen LogP contribution in [0.4, 0.5) is 13.2 Å². The van der Waals surface area contributed by atoms with E-state index in [2.05, 4.69) is 44.2 Å². The molecule has 3 rings (SSSR count). The molecule has 0 spiro atoms. The molecule has 0 bridgehead atoms. The molecule has 2 aromatic rings. The van der Waals surface area contributed by atoms with E-state index in [1.165, 1.54) is 40.0 Å². The lowest BCUT2D eigenvalue weighted by molar-refractivity contribution is -0.0510. The van der Waals surface area contributed by atoms with Crippen LogP contribution in [0.1, 0.15) is 52.4 Å². The first kappa shape index (κ1) is 27.6. The van der Waals surface area contributed by atoms with E-state index in [1.807, 2.05) is 0 Å². The largest absolute Gasteiger partial charge is 0.522 e. The zero-order valence-corrected chi connectivity index (χ0v) is 20.6. The summed E-state index contributed by atoms with van der Waals surface area (Å²) in [6.07, 6.45) is 7.27. The fraction of sp³-hybridized carbons (Fsp3) is 0.565. The van der Waals surface area contributed by atoms with Crippen LogP contribution >= 0.6 is 0 Å². The van der Waals surface area contributed by atoms with Crippen LogP contribution in [-0.2, 0) is 21.0 Å². The molecule has 0 unspecified atom stereocenters. The molecule has 0 saturated carbocycles. The second kappa shape index (κ2) is 12.7. The average molecular weight is 510 g/mol. The van der Waals surface area contributed by atoms with E-state index in [1.54, 1.807) is 0 Å². The molecule has 1 saturated heterocycles. The topological polar surface area (TPSA) is 72.8 Å². The maximum absolute atomic E-state index is 10.7. The van der Waals surface area contributed by atoms with Gasteiger partial charge in [0.05, 0.1) is 13.2 Å². The smallest absolute Gasteiger partial charge is 0.494 e. The molecule has 0 aliphatic carbocycles.